The van der Waals surface area contributed by atoms with Gasteiger partial charge in [-0.3, -0.25) is 0 Å². The summed E-state index contributed by atoms with van der Waals surface area (Å²) in [7, 11) is -2.31. The second-order valence-electron chi connectivity index (χ2n) is 4.32. The molecule has 0 saturated heterocycles. The lowest BCUT2D eigenvalue weighted by Gasteiger charge is -2.00. The molecule has 1 N–H and O–H groups in total. The van der Waals surface area contributed by atoms with Crippen LogP contribution in [0.5, 0.6) is 0 Å². The largest absolute Gasteiger partial charge is 0.728 e. The molecule has 1 atom stereocenters. The monoisotopic (exact) mass is 265 g/mol. The summed E-state index contributed by atoms with van der Waals surface area (Å²) in [4.78, 5) is 0. The number of unbranched alkanes of at least 4 members (excludes halogenated alkanes) is 9. The van der Waals surface area contributed by atoms with Gasteiger partial charge in [-0.25, -0.2) is 5.26 Å². The Morgan fingerprint density at radius 1 is 0.882 bits per heavy atom. The summed E-state index contributed by atoms with van der Waals surface area (Å²) in [6.45, 7) is 2.63. The Hall–Kier alpha value is -0.0200. The van der Waals surface area contributed by atoms with Crippen LogP contribution in [0, 0.1) is 0 Å². The van der Waals surface area contributed by atoms with Gasteiger partial charge in [-0.1, -0.05) is 64.7 Å². The minimum Gasteiger partial charge on any atom is -0.202 e. The van der Waals surface area contributed by atoms with Gasteiger partial charge >= 0.3 is 8.25 Å². The molecule has 0 fully saturated rings. The van der Waals surface area contributed by atoms with Gasteiger partial charge in [0.15, 0.2) is 0 Å². The van der Waals surface area contributed by atoms with Crippen molar-refractivity contribution in [2.24, 2.45) is 0 Å². The molecule has 0 spiro atoms. The van der Waals surface area contributed by atoms with E-state index >= 15 is 0 Å². The van der Waals surface area contributed by atoms with Gasteiger partial charge < -0.3 is 0 Å². The van der Waals surface area contributed by atoms with E-state index in [0.29, 0.717) is 6.61 Å². The standard InChI is InChI=1S/C12H25O4P/c1-2-3-4-5-6-7-8-9-10-11-12-15-17(14)16-13/h2-12H2,1H3/p+1. The van der Waals surface area contributed by atoms with E-state index in [0.717, 1.165) is 12.8 Å². The highest BCUT2D eigenvalue weighted by Gasteiger charge is 2.18. The average Bonchev–Trinajstić information content (AvgIpc) is 2.35. The van der Waals surface area contributed by atoms with E-state index < -0.39 is 8.25 Å². The third kappa shape index (κ3) is 13.9. The van der Waals surface area contributed by atoms with E-state index in [9.17, 15) is 4.57 Å². The Bertz CT molecular complexity index is 176. The van der Waals surface area contributed by atoms with E-state index in [1.54, 1.807) is 0 Å². The van der Waals surface area contributed by atoms with E-state index in [1.165, 1.54) is 51.4 Å². The van der Waals surface area contributed by atoms with Crippen LogP contribution in [0.3, 0.4) is 0 Å². The van der Waals surface area contributed by atoms with Gasteiger partial charge in [0.05, 0.1) is 4.67 Å². The fourth-order valence-corrected chi connectivity index (χ4v) is 2.08. The molecule has 17 heavy (non-hydrogen) atoms. The molecule has 0 aromatic rings. The molecule has 0 aliphatic heterocycles. The Morgan fingerprint density at radius 3 is 1.82 bits per heavy atom. The van der Waals surface area contributed by atoms with Crippen LogP contribution in [0.25, 0.3) is 0 Å². The fourth-order valence-electron chi connectivity index (χ4n) is 1.75. The zero-order valence-corrected chi connectivity index (χ0v) is 11.8. The fraction of sp³-hybridized carbons (Fsp3) is 1.00. The van der Waals surface area contributed by atoms with Crippen LogP contribution >= 0.6 is 8.25 Å². The molecule has 0 aromatic heterocycles. The second kappa shape index (κ2) is 14.0. The number of rotatable bonds is 13. The molecule has 1 unspecified atom stereocenters. The topological polar surface area (TPSA) is 55.8 Å². The van der Waals surface area contributed by atoms with Gasteiger partial charge in [0.25, 0.3) is 0 Å². The molecule has 0 amide bonds. The van der Waals surface area contributed by atoms with Crippen LogP contribution < -0.4 is 0 Å². The minimum absolute atomic E-state index is 0.395. The van der Waals surface area contributed by atoms with Crippen molar-refractivity contribution < 1.29 is 19.0 Å². The molecule has 0 heterocycles. The Labute approximate surface area is 106 Å². The summed E-state index contributed by atoms with van der Waals surface area (Å²) in [6, 6.07) is 0. The Kier molecular flexibility index (Phi) is 14.0. The molecule has 0 saturated carbocycles. The van der Waals surface area contributed by atoms with Crippen LogP contribution in [0.15, 0.2) is 0 Å². The van der Waals surface area contributed by atoms with Gasteiger partial charge in [0.2, 0.25) is 0 Å². The first-order valence-corrected chi connectivity index (χ1v) is 7.82. The molecule has 0 radical (unpaired) electrons. The zero-order valence-electron chi connectivity index (χ0n) is 10.9. The van der Waals surface area contributed by atoms with Gasteiger partial charge in [-0.15, -0.1) is 4.52 Å². The van der Waals surface area contributed by atoms with Crippen molar-refractivity contribution in [2.45, 2.75) is 71.1 Å². The highest BCUT2D eigenvalue weighted by Crippen LogP contribution is 2.21. The van der Waals surface area contributed by atoms with Crippen LogP contribution in [-0.4, -0.2) is 11.9 Å². The van der Waals surface area contributed by atoms with Crippen molar-refractivity contribution in [1.82, 2.24) is 0 Å². The molecule has 5 heteroatoms. The third-order valence-corrected chi connectivity index (χ3v) is 3.29. The summed E-state index contributed by atoms with van der Waals surface area (Å²) < 4.78 is 18.8. The molecule has 4 nitrogen and oxygen atoms in total. The maximum absolute atomic E-state index is 10.5. The quantitative estimate of drug-likeness (QED) is 0.218. The average molecular weight is 265 g/mol. The maximum Gasteiger partial charge on any atom is 0.728 e. The predicted octanol–water partition coefficient (Wildman–Crippen LogP) is 5.07. The van der Waals surface area contributed by atoms with Crippen molar-refractivity contribution >= 4 is 8.25 Å². The van der Waals surface area contributed by atoms with Crippen molar-refractivity contribution in [1.29, 1.82) is 0 Å². The minimum atomic E-state index is -2.31. The molecule has 0 aliphatic rings. The first kappa shape index (κ1) is 17.0. The Morgan fingerprint density at radius 2 is 1.35 bits per heavy atom. The Balaban J connectivity index is 2.96. The van der Waals surface area contributed by atoms with Crippen LogP contribution in [0.4, 0.5) is 0 Å². The highest BCUT2D eigenvalue weighted by atomic mass is 31.1. The maximum atomic E-state index is 10.5. The van der Waals surface area contributed by atoms with E-state index in [-0.39, 0.29) is 0 Å². The lowest BCUT2D eigenvalue weighted by molar-refractivity contribution is -0.142. The number of hydrogen-bond donors (Lipinski definition) is 1. The lowest BCUT2D eigenvalue weighted by Crippen LogP contribution is -1.88. The smallest absolute Gasteiger partial charge is 0.202 e. The predicted molar refractivity (Wildman–Crippen MR) is 69.1 cm³/mol. The summed E-state index contributed by atoms with van der Waals surface area (Å²) >= 11 is 0. The van der Waals surface area contributed by atoms with E-state index in [4.69, 9.17) is 9.78 Å². The van der Waals surface area contributed by atoms with Crippen LogP contribution in [0.2, 0.25) is 0 Å². The summed E-state index contributed by atoms with van der Waals surface area (Å²) in [6.07, 6.45) is 12.5. The van der Waals surface area contributed by atoms with E-state index in [2.05, 4.69) is 11.6 Å². The van der Waals surface area contributed by atoms with Gasteiger partial charge in [-0.2, -0.15) is 0 Å². The van der Waals surface area contributed by atoms with E-state index in [1.807, 2.05) is 0 Å². The summed E-state index contributed by atoms with van der Waals surface area (Å²) in [5.74, 6) is 0. The summed E-state index contributed by atoms with van der Waals surface area (Å²) in [5.41, 5.74) is 0. The number of hydrogen-bond acceptors (Lipinski definition) is 4. The molecule has 0 aliphatic carbocycles. The molecule has 0 rings (SSSR count). The first-order chi connectivity index (χ1) is 8.31. The molecule has 102 valence electrons. The third-order valence-electron chi connectivity index (χ3n) is 2.76. The first-order valence-electron chi connectivity index (χ1n) is 6.73. The highest BCUT2D eigenvalue weighted by molar-refractivity contribution is 7.33. The van der Waals surface area contributed by atoms with Crippen LogP contribution in [-0.2, 0) is 13.8 Å². The SMILES string of the molecule is CCCCCCCCCCCCO[P+](=O)OO. The summed E-state index contributed by atoms with van der Waals surface area (Å²) in [5, 5.41) is 7.99. The molecular weight excluding hydrogens is 239 g/mol. The van der Waals surface area contributed by atoms with Crippen molar-refractivity contribution in [3.05, 3.63) is 0 Å². The van der Waals surface area contributed by atoms with Crippen molar-refractivity contribution in [3.63, 3.8) is 0 Å². The molecular formula is C12H26O4P+. The normalized spacial score (nSPS) is 11.8. The van der Waals surface area contributed by atoms with Crippen LogP contribution in [0.1, 0.15) is 71.1 Å². The van der Waals surface area contributed by atoms with Gasteiger partial charge in [-0.05, 0) is 6.42 Å². The molecule has 0 bridgehead atoms. The van der Waals surface area contributed by atoms with Crippen molar-refractivity contribution in [3.8, 4) is 0 Å². The zero-order chi connectivity index (χ0) is 12.8. The van der Waals surface area contributed by atoms with Gasteiger partial charge in [0, 0.05) is 4.57 Å². The van der Waals surface area contributed by atoms with Gasteiger partial charge in [0.1, 0.15) is 6.61 Å². The lowest BCUT2D eigenvalue weighted by atomic mass is 10.1. The van der Waals surface area contributed by atoms with Crippen molar-refractivity contribution in [2.75, 3.05) is 6.61 Å². The second-order valence-corrected chi connectivity index (χ2v) is 5.19. The molecule has 0 aromatic carbocycles.